The van der Waals surface area contributed by atoms with Gasteiger partial charge in [0.2, 0.25) is 5.95 Å². The summed E-state index contributed by atoms with van der Waals surface area (Å²) in [6.07, 6.45) is 1.50. The molecule has 0 saturated carbocycles. The fourth-order valence-electron chi connectivity index (χ4n) is 1.96. The summed E-state index contributed by atoms with van der Waals surface area (Å²) in [5.74, 6) is 1.61. The van der Waals surface area contributed by atoms with Crippen molar-refractivity contribution in [2.24, 2.45) is 0 Å². The van der Waals surface area contributed by atoms with Crippen molar-refractivity contribution in [1.29, 1.82) is 0 Å². The van der Waals surface area contributed by atoms with Crippen molar-refractivity contribution in [2.75, 3.05) is 17.7 Å². The average Bonchev–Trinajstić information content (AvgIpc) is 2.60. The lowest BCUT2D eigenvalue weighted by Crippen LogP contribution is -2.02. The number of anilines is 4. The molecule has 0 saturated heterocycles. The van der Waals surface area contributed by atoms with Crippen LogP contribution in [0.25, 0.3) is 0 Å². The van der Waals surface area contributed by atoms with Crippen molar-refractivity contribution in [1.82, 2.24) is 15.2 Å². The number of nitrogens with zero attached hydrogens (tertiary/aromatic N) is 3. The van der Waals surface area contributed by atoms with Gasteiger partial charge in [-0.1, -0.05) is 29.3 Å². The van der Waals surface area contributed by atoms with Crippen LogP contribution in [0.2, 0.25) is 10.0 Å². The molecule has 0 spiro atoms. The molecule has 0 bridgehead atoms. The van der Waals surface area contributed by atoms with Crippen LogP contribution in [0.5, 0.6) is 5.75 Å². The average molecular weight is 362 g/mol. The quantitative estimate of drug-likeness (QED) is 0.687. The van der Waals surface area contributed by atoms with E-state index in [0.717, 1.165) is 11.4 Å². The van der Waals surface area contributed by atoms with Crippen LogP contribution < -0.4 is 15.4 Å². The highest BCUT2D eigenvalue weighted by Gasteiger charge is 2.07. The molecular formula is C16H13Cl2N5O. The maximum absolute atomic E-state index is 6.16. The van der Waals surface area contributed by atoms with E-state index in [1.165, 1.54) is 6.20 Å². The van der Waals surface area contributed by atoms with Gasteiger partial charge in [-0.2, -0.15) is 10.1 Å². The summed E-state index contributed by atoms with van der Waals surface area (Å²) in [5, 5.41) is 14.9. The van der Waals surface area contributed by atoms with Gasteiger partial charge < -0.3 is 15.4 Å². The van der Waals surface area contributed by atoms with Crippen LogP contribution in [-0.2, 0) is 0 Å². The fourth-order valence-corrected chi connectivity index (χ4v) is 2.31. The number of ether oxygens (including phenoxy) is 1. The number of rotatable bonds is 5. The molecule has 24 heavy (non-hydrogen) atoms. The fraction of sp³-hybridized carbons (Fsp3) is 0.0625. The van der Waals surface area contributed by atoms with Crippen LogP contribution in [0.1, 0.15) is 0 Å². The Balaban J connectivity index is 1.77. The minimum atomic E-state index is 0.350. The SMILES string of the molecule is COc1ccc(Nc2nncc(Nc3cccc(Cl)c3Cl)n2)cc1. The van der Waals surface area contributed by atoms with Crippen molar-refractivity contribution in [3.8, 4) is 5.75 Å². The minimum Gasteiger partial charge on any atom is -0.497 e. The largest absolute Gasteiger partial charge is 0.497 e. The minimum absolute atomic E-state index is 0.350. The van der Waals surface area contributed by atoms with Crippen LogP contribution in [0.15, 0.2) is 48.7 Å². The number of benzene rings is 2. The summed E-state index contributed by atoms with van der Waals surface area (Å²) in [7, 11) is 1.62. The molecule has 0 unspecified atom stereocenters. The van der Waals surface area contributed by atoms with E-state index >= 15 is 0 Å². The molecule has 3 aromatic rings. The number of nitrogens with one attached hydrogen (secondary N) is 2. The summed E-state index contributed by atoms with van der Waals surface area (Å²) in [4.78, 5) is 4.35. The second kappa shape index (κ2) is 7.33. The van der Waals surface area contributed by atoms with Gasteiger partial charge in [-0.05, 0) is 36.4 Å². The van der Waals surface area contributed by atoms with Crippen LogP contribution in [-0.4, -0.2) is 22.3 Å². The maximum atomic E-state index is 6.16. The smallest absolute Gasteiger partial charge is 0.249 e. The lowest BCUT2D eigenvalue weighted by Gasteiger charge is -2.10. The third-order valence-corrected chi connectivity index (χ3v) is 3.94. The Kier molecular flexibility index (Phi) is 4.98. The molecule has 2 aromatic carbocycles. The Morgan fingerprint density at radius 1 is 1.00 bits per heavy atom. The van der Waals surface area contributed by atoms with Gasteiger partial charge >= 0.3 is 0 Å². The van der Waals surface area contributed by atoms with Crippen molar-refractivity contribution >= 4 is 46.3 Å². The first-order valence-electron chi connectivity index (χ1n) is 6.97. The lowest BCUT2D eigenvalue weighted by molar-refractivity contribution is 0.415. The number of aromatic nitrogens is 3. The molecule has 0 atom stereocenters. The third-order valence-electron chi connectivity index (χ3n) is 3.12. The van der Waals surface area contributed by atoms with Crippen LogP contribution in [0, 0.1) is 0 Å². The molecule has 0 aliphatic carbocycles. The zero-order valence-electron chi connectivity index (χ0n) is 12.6. The zero-order chi connectivity index (χ0) is 16.9. The topological polar surface area (TPSA) is 72.0 Å². The van der Waals surface area contributed by atoms with Gasteiger partial charge in [0.05, 0.1) is 29.0 Å². The number of hydrogen-bond donors (Lipinski definition) is 2. The van der Waals surface area contributed by atoms with Gasteiger partial charge in [-0.3, -0.25) is 0 Å². The van der Waals surface area contributed by atoms with E-state index in [2.05, 4.69) is 25.8 Å². The number of hydrogen-bond acceptors (Lipinski definition) is 6. The van der Waals surface area contributed by atoms with Gasteiger partial charge in [0.1, 0.15) is 5.75 Å². The molecule has 0 aliphatic rings. The van der Waals surface area contributed by atoms with Gasteiger partial charge in [0, 0.05) is 5.69 Å². The summed E-state index contributed by atoms with van der Waals surface area (Å²) in [5.41, 5.74) is 1.45. The van der Waals surface area contributed by atoms with E-state index in [0.29, 0.717) is 27.5 Å². The second-order valence-corrected chi connectivity index (χ2v) is 5.53. The molecule has 3 rings (SSSR count). The van der Waals surface area contributed by atoms with Gasteiger partial charge in [0.15, 0.2) is 5.82 Å². The summed E-state index contributed by atoms with van der Waals surface area (Å²) < 4.78 is 5.12. The molecule has 0 aliphatic heterocycles. The third kappa shape index (κ3) is 3.84. The van der Waals surface area contributed by atoms with E-state index in [4.69, 9.17) is 27.9 Å². The first-order valence-corrected chi connectivity index (χ1v) is 7.73. The number of halogens is 2. The molecule has 0 radical (unpaired) electrons. The highest BCUT2D eigenvalue weighted by atomic mass is 35.5. The Labute approximate surface area is 148 Å². The van der Waals surface area contributed by atoms with Crippen molar-refractivity contribution in [2.45, 2.75) is 0 Å². The van der Waals surface area contributed by atoms with Crippen molar-refractivity contribution in [3.63, 3.8) is 0 Å². The van der Waals surface area contributed by atoms with E-state index in [1.807, 2.05) is 24.3 Å². The van der Waals surface area contributed by atoms with Crippen LogP contribution in [0.3, 0.4) is 0 Å². The standard InChI is InChI=1S/C16H13Cl2N5O/c1-24-11-7-5-10(6-8-11)20-16-22-14(9-19-23-16)21-13-4-2-3-12(17)15(13)18/h2-9H,1H3,(H2,20,21,22,23). The highest BCUT2D eigenvalue weighted by molar-refractivity contribution is 6.43. The predicted molar refractivity (Wildman–Crippen MR) is 95.8 cm³/mol. The van der Waals surface area contributed by atoms with Crippen LogP contribution in [0.4, 0.5) is 23.1 Å². The van der Waals surface area contributed by atoms with E-state index in [1.54, 1.807) is 25.3 Å². The summed E-state index contributed by atoms with van der Waals surface area (Å²) >= 11 is 12.2. The summed E-state index contributed by atoms with van der Waals surface area (Å²) in [6, 6.07) is 12.7. The first kappa shape index (κ1) is 16.3. The molecule has 8 heteroatoms. The summed E-state index contributed by atoms with van der Waals surface area (Å²) in [6.45, 7) is 0. The van der Waals surface area contributed by atoms with E-state index in [-0.39, 0.29) is 0 Å². The maximum Gasteiger partial charge on any atom is 0.249 e. The molecule has 6 nitrogen and oxygen atoms in total. The molecule has 122 valence electrons. The Hall–Kier alpha value is -2.57. The molecule has 0 amide bonds. The van der Waals surface area contributed by atoms with Crippen molar-refractivity contribution in [3.05, 3.63) is 58.7 Å². The first-order chi connectivity index (χ1) is 11.7. The molecule has 1 aromatic heterocycles. The highest BCUT2D eigenvalue weighted by Crippen LogP contribution is 2.31. The van der Waals surface area contributed by atoms with Crippen LogP contribution >= 0.6 is 23.2 Å². The van der Waals surface area contributed by atoms with Crippen molar-refractivity contribution < 1.29 is 4.74 Å². The Morgan fingerprint density at radius 3 is 2.54 bits per heavy atom. The predicted octanol–water partition coefficient (Wildman–Crippen LogP) is 4.67. The van der Waals surface area contributed by atoms with Gasteiger partial charge in [-0.25, -0.2) is 0 Å². The Bertz CT molecular complexity index is 842. The molecule has 2 N–H and O–H groups in total. The van der Waals surface area contributed by atoms with Gasteiger partial charge in [-0.15, -0.1) is 5.10 Å². The van der Waals surface area contributed by atoms with E-state index in [9.17, 15) is 0 Å². The molecular weight excluding hydrogens is 349 g/mol. The normalized spacial score (nSPS) is 10.3. The molecule has 1 heterocycles. The second-order valence-electron chi connectivity index (χ2n) is 4.75. The monoisotopic (exact) mass is 361 g/mol. The van der Waals surface area contributed by atoms with Gasteiger partial charge in [0.25, 0.3) is 0 Å². The number of methoxy groups -OCH3 is 1. The van der Waals surface area contributed by atoms with E-state index < -0.39 is 0 Å². The Morgan fingerprint density at radius 2 is 1.79 bits per heavy atom. The zero-order valence-corrected chi connectivity index (χ0v) is 14.1. The molecule has 0 fully saturated rings. The lowest BCUT2D eigenvalue weighted by atomic mass is 10.3.